The predicted octanol–water partition coefficient (Wildman–Crippen LogP) is 0.774. The van der Waals surface area contributed by atoms with Crippen LogP contribution in [0.25, 0.3) is 0 Å². The Morgan fingerprint density at radius 1 is 1.63 bits per heavy atom. The van der Waals surface area contributed by atoms with Crippen molar-refractivity contribution >= 4 is 23.2 Å². The van der Waals surface area contributed by atoms with Gasteiger partial charge in [0.15, 0.2) is 0 Å². The molecule has 0 bridgehead atoms. The quantitative estimate of drug-likeness (QED) is 0.826. The van der Waals surface area contributed by atoms with Gasteiger partial charge in [-0.2, -0.15) is 0 Å². The second-order valence-corrected chi connectivity index (χ2v) is 5.20. The van der Waals surface area contributed by atoms with E-state index in [1.54, 1.807) is 17.2 Å². The van der Waals surface area contributed by atoms with Gasteiger partial charge >= 0.3 is 5.97 Å². The normalized spacial score (nSPS) is 18.6. The van der Waals surface area contributed by atoms with Gasteiger partial charge in [-0.1, -0.05) is 0 Å². The minimum absolute atomic E-state index is 0.0922. The van der Waals surface area contributed by atoms with Crippen LogP contribution in [0.2, 0.25) is 0 Å². The Labute approximate surface area is 115 Å². The third kappa shape index (κ3) is 3.10. The average molecular weight is 284 g/mol. The van der Waals surface area contributed by atoms with Crippen LogP contribution in [0.5, 0.6) is 0 Å². The van der Waals surface area contributed by atoms with Crippen molar-refractivity contribution in [1.29, 1.82) is 0 Å². The Hall–Kier alpha value is -1.47. The first-order valence-corrected chi connectivity index (χ1v) is 7.06. The van der Waals surface area contributed by atoms with E-state index in [9.17, 15) is 9.59 Å². The molecular weight excluding hydrogens is 268 g/mol. The number of hydrogen-bond acceptors (Lipinski definition) is 6. The molecule has 1 aromatic rings. The van der Waals surface area contributed by atoms with E-state index in [0.717, 1.165) is 17.8 Å². The molecule has 1 unspecified atom stereocenters. The molecule has 2 rings (SSSR count). The molecule has 1 aliphatic heterocycles. The zero-order valence-corrected chi connectivity index (χ0v) is 11.5. The smallest absolute Gasteiger partial charge is 0.367 e. The van der Waals surface area contributed by atoms with Crippen LogP contribution in [0, 0.1) is 5.92 Å². The van der Waals surface area contributed by atoms with Gasteiger partial charge in [0.1, 0.15) is 5.69 Å². The molecule has 0 saturated carbocycles. The summed E-state index contributed by atoms with van der Waals surface area (Å²) < 4.78 is 4.83. The zero-order chi connectivity index (χ0) is 13.8. The van der Waals surface area contributed by atoms with Gasteiger partial charge in [0.25, 0.3) is 5.91 Å². The molecule has 1 N–H and O–H groups in total. The molecule has 1 aromatic heterocycles. The minimum atomic E-state index is -0.499. The first-order chi connectivity index (χ1) is 9.15. The summed E-state index contributed by atoms with van der Waals surface area (Å²) in [5, 5.41) is 10.8. The summed E-state index contributed by atoms with van der Waals surface area (Å²) in [6.07, 6.45) is 0.803. The van der Waals surface area contributed by atoms with Crippen molar-refractivity contribution in [3.05, 3.63) is 16.1 Å². The molecule has 1 fully saturated rings. The molecule has 6 nitrogen and oxygen atoms in total. The van der Waals surface area contributed by atoms with Gasteiger partial charge in [-0.15, -0.1) is 11.3 Å². The standard InChI is InChI=1S/C12H16N2O4S/c1-2-18-12(17)10-13-9(7-19-10)11(16)14-4-3-8(5-14)6-15/h7-8,15H,2-6H2,1H3. The van der Waals surface area contributed by atoms with Crippen LogP contribution in [-0.2, 0) is 4.74 Å². The van der Waals surface area contributed by atoms with E-state index in [2.05, 4.69) is 4.98 Å². The highest BCUT2D eigenvalue weighted by atomic mass is 32.1. The fraction of sp³-hybridized carbons (Fsp3) is 0.583. The number of likely N-dealkylation sites (tertiary alicyclic amines) is 1. The molecule has 1 saturated heterocycles. The molecule has 1 aliphatic rings. The Morgan fingerprint density at radius 2 is 2.42 bits per heavy atom. The maximum atomic E-state index is 12.1. The summed E-state index contributed by atoms with van der Waals surface area (Å²) in [6, 6.07) is 0. The zero-order valence-electron chi connectivity index (χ0n) is 10.7. The van der Waals surface area contributed by atoms with Crippen LogP contribution < -0.4 is 0 Å². The number of amides is 1. The van der Waals surface area contributed by atoms with Crippen molar-refractivity contribution in [2.75, 3.05) is 26.3 Å². The molecule has 0 spiro atoms. The van der Waals surface area contributed by atoms with Crippen molar-refractivity contribution in [2.24, 2.45) is 5.92 Å². The van der Waals surface area contributed by atoms with Gasteiger partial charge in [0.2, 0.25) is 5.01 Å². The molecule has 0 aliphatic carbocycles. The average Bonchev–Trinajstić information content (AvgIpc) is 3.07. The lowest BCUT2D eigenvalue weighted by atomic mass is 10.1. The molecular formula is C12H16N2O4S. The van der Waals surface area contributed by atoms with Crippen LogP contribution in [-0.4, -0.2) is 53.2 Å². The van der Waals surface area contributed by atoms with Gasteiger partial charge in [-0.3, -0.25) is 4.79 Å². The Morgan fingerprint density at radius 3 is 3.05 bits per heavy atom. The third-order valence-corrected chi connectivity index (χ3v) is 3.83. The number of aromatic nitrogens is 1. The summed E-state index contributed by atoms with van der Waals surface area (Å²) in [7, 11) is 0. The van der Waals surface area contributed by atoms with E-state index in [0.29, 0.717) is 13.1 Å². The summed E-state index contributed by atoms with van der Waals surface area (Å²) in [6.45, 7) is 3.26. The lowest BCUT2D eigenvalue weighted by molar-refractivity contribution is 0.0526. The molecule has 0 aromatic carbocycles. The number of carbonyl (C=O) groups excluding carboxylic acids is 2. The number of aliphatic hydroxyl groups is 1. The van der Waals surface area contributed by atoms with E-state index >= 15 is 0 Å². The maximum Gasteiger partial charge on any atom is 0.367 e. The lowest BCUT2D eigenvalue weighted by Gasteiger charge is -2.14. The fourth-order valence-corrected chi connectivity index (χ4v) is 2.67. The van der Waals surface area contributed by atoms with E-state index in [4.69, 9.17) is 9.84 Å². The summed E-state index contributed by atoms with van der Waals surface area (Å²) >= 11 is 1.11. The lowest BCUT2D eigenvalue weighted by Crippen LogP contribution is -2.29. The molecule has 19 heavy (non-hydrogen) atoms. The first kappa shape index (κ1) is 14.0. The fourth-order valence-electron chi connectivity index (χ4n) is 1.99. The van der Waals surface area contributed by atoms with Crippen LogP contribution in [0.1, 0.15) is 33.6 Å². The Kier molecular flexibility index (Phi) is 4.49. The number of ether oxygens (including phenoxy) is 1. The molecule has 7 heteroatoms. The van der Waals surface area contributed by atoms with Gasteiger partial charge in [-0.05, 0) is 13.3 Å². The van der Waals surface area contributed by atoms with Gasteiger partial charge in [0, 0.05) is 31.0 Å². The number of aliphatic hydroxyl groups excluding tert-OH is 1. The van der Waals surface area contributed by atoms with Crippen molar-refractivity contribution in [1.82, 2.24) is 9.88 Å². The van der Waals surface area contributed by atoms with E-state index in [1.165, 1.54) is 0 Å². The number of nitrogens with zero attached hydrogens (tertiary/aromatic N) is 2. The molecule has 1 atom stereocenters. The van der Waals surface area contributed by atoms with Crippen molar-refractivity contribution < 1.29 is 19.4 Å². The Balaban J connectivity index is 2.02. The number of carbonyl (C=O) groups is 2. The summed E-state index contributed by atoms with van der Waals surface area (Å²) in [5.74, 6) is -0.545. The van der Waals surface area contributed by atoms with Crippen molar-refractivity contribution in [3.8, 4) is 0 Å². The van der Waals surface area contributed by atoms with Crippen molar-refractivity contribution in [3.63, 3.8) is 0 Å². The summed E-state index contributed by atoms with van der Waals surface area (Å²) in [4.78, 5) is 29.3. The van der Waals surface area contributed by atoms with Gasteiger partial charge in [-0.25, -0.2) is 9.78 Å². The van der Waals surface area contributed by atoms with E-state index < -0.39 is 5.97 Å². The van der Waals surface area contributed by atoms with Crippen LogP contribution in [0.4, 0.5) is 0 Å². The molecule has 104 valence electrons. The number of rotatable bonds is 4. The third-order valence-electron chi connectivity index (χ3n) is 3.00. The van der Waals surface area contributed by atoms with Gasteiger partial charge in [0.05, 0.1) is 6.61 Å². The predicted molar refractivity (Wildman–Crippen MR) is 69.2 cm³/mol. The largest absolute Gasteiger partial charge is 0.461 e. The number of hydrogen-bond donors (Lipinski definition) is 1. The highest BCUT2D eigenvalue weighted by Gasteiger charge is 2.28. The number of esters is 1. The topological polar surface area (TPSA) is 79.7 Å². The van der Waals surface area contributed by atoms with Crippen LogP contribution >= 0.6 is 11.3 Å². The first-order valence-electron chi connectivity index (χ1n) is 6.18. The molecule has 2 heterocycles. The van der Waals surface area contributed by atoms with Gasteiger partial charge < -0.3 is 14.7 Å². The summed E-state index contributed by atoms with van der Waals surface area (Å²) in [5.41, 5.74) is 0.270. The Bertz CT molecular complexity index is 474. The molecule has 1 amide bonds. The SMILES string of the molecule is CCOC(=O)c1nc(C(=O)N2CCC(CO)C2)cs1. The second-order valence-electron chi connectivity index (χ2n) is 4.35. The highest BCUT2D eigenvalue weighted by Crippen LogP contribution is 2.19. The monoisotopic (exact) mass is 284 g/mol. The maximum absolute atomic E-state index is 12.1. The second kappa shape index (κ2) is 6.12. The minimum Gasteiger partial charge on any atom is -0.461 e. The van der Waals surface area contributed by atoms with E-state index in [-0.39, 0.29) is 35.7 Å². The van der Waals surface area contributed by atoms with Crippen LogP contribution in [0.15, 0.2) is 5.38 Å². The van der Waals surface area contributed by atoms with Crippen molar-refractivity contribution in [2.45, 2.75) is 13.3 Å². The van der Waals surface area contributed by atoms with Crippen LogP contribution in [0.3, 0.4) is 0 Å². The molecule has 0 radical (unpaired) electrons. The highest BCUT2D eigenvalue weighted by molar-refractivity contribution is 7.11. The van der Waals surface area contributed by atoms with E-state index in [1.807, 2.05) is 0 Å². The number of thiazole rings is 1.